The number of nitrogens with one attached hydrogen (secondary N) is 1. The second kappa shape index (κ2) is 13.1. The van der Waals surface area contributed by atoms with Crippen molar-refractivity contribution in [2.45, 2.75) is 71.0 Å². The summed E-state index contributed by atoms with van der Waals surface area (Å²) in [6.07, 6.45) is 0. The topological polar surface area (TPSA) is 86.8 Å². The van der Waals surface area contributed by atoms with Crippen molar-refractivity contribution in [3.8, 4) is 0 Å². The van der Waals surface area contributed by atoms with E-state index in [2.05, 4.69) is 5.32 Å². The number of carbonyl (C=O) groups excluding carboxylic acids is 2. The third kappa shape index (κ3) is 7.69. The molecule has 214 valence electrons. The molecule has 3 aromatic rings. The van der Waals surface area contributed by atoms with Gasteiger partial charge in [0.2, 0.25) is 11.8 Å². The van der Waals surface area contributed by atoms with Crippen LogP contribution in [0.5, 0.6) is 0 Å². The van der Waals surface area contributed by atoms with Crippen LogP contribution in [0, 0.1) is 12.7 Å². The van der Waals surface area contributed by atoms with E-state index >= 15 is 0 Å². The number of hydrogen-bond acceptors (Lipinski definition) is 4. The Hall–Kier alpha value is -3.72. The van der Waals surface area contributed by atoms with Gasteiger partial charge in [0.15, 0.2) is 0 Å². The molecular formula is C31H38FN3O4S. The third-order valence-electron chi connectivity index (χ3n) is 6.60. The largest absolute Gasteiger partial charge is 0.352 e. The zero-order chi connectivity index (χ0) is 29.6. The highest BCUT2D eigenvalue weighted by Gasteiger charge is 2.32. The van der Waals surface area contributed by atoms with Crippen molar-refractivity contribution in [3.63, 3.8) is 0 Å². The minimum absolute atomic E-state index is 0.00347. The molecule has 2 amide bonds. The molecule has 1 atom stereocenters. The van der Waals surface area contributed by atoms with Gasteiger partial charge < -0.3 is 10.2 Å². The number of hydrogen-bond donors (Lipinski definition) is 1. The lowest BCUT2D eigenvalue weighted by atomic mass is 10.0. The van der Waals surface area contributed by atoms with E-state index in [1.807, 2.05) is 46.8 Å². The lowest BCUT2D eigenvalue weighted by molar-refractivity contribution is -0.139. The Bertz CT molecular complexity index is 1400. The molecule has 9 heteroatoms. The first-order valence-electron chi connectivity index (χ1n) is 13.3. The standard InChI is InChI=1S/C31H38FN3O4S/c1-21(2)26-11-15-28(16-12-26)35(40(38,39)29-17-7-23(5)8-18-29)20-30(36)34(24(6)31(37)33-22(3)4)19-25-9-13-27(32)14-10-25/h7-18,21-22,24H,19-20H2,1-6H3,(H,33,37)/t24-/m1/s1. The summed E-state index contributed by atoms with van der Waals surface area (Å²) >= 11 is 0. The number of amides is 2. The van der Waals surface area contributed by atoms with Crippen LogP contribution >= 0.6 is 0 Å². The van der Waals surface area contributed by atoms with E-state index in [0.717, 1.165) is 15.4 Å². The zero-order valence-electron chi connectivity index (χ0n) is 23.9. The average molecular weight is 568 g/mol. The van der Waals surface area contributed by atoms with Crippen molar-refractivity contribution in [2.75, 3.05) is 10.8 Å². The fourth-order valence-electron chi connectivity index (χ4n) is 4.17. The lowest BCUT2D eigenvalue weighted by Crippen LogP contribution is -2.52. The summed E-state index contributed by atoms with van der Waals surface area (Å²) in [6.45, 7) is 10.6. The van der Waals surface area contributed by atoms with Crippen LogP contribution in [0.25, 0.3) is 0 Å². The summed E-state index contributed by atoms with van der Waals surface area (Å²) in [5.41, 5.74) is 2.87. The molecule has 0 aliphatic rings. The first kappa shape index (κ1) is 30.8. The normalized spacial score (nSPS) is 12.3. The molecule has 3 rings (SSSR count). The van der Waals surface area contributed by atoms with Crippen molar-refractivity contribution in [2.24, 2.45) is 0 Å². The van der Waals surface area contributed by atoms with E-state index in [9.17, 15) is 22.4 Å². The van der Waals surface area contributed by atoms with Gasteiger partial charge in [0.05, 0.1) is 10.6 Å². The van der Waals surface area contributed by atoms with Gasteiger partial charge in [0, 0.05) is 12.6 Å². The zero-order valence-corrected chi connectivity index (χ0v) is 24.7. The highest BCUT2D eigenvalue weighted by molar-refractivity contribution is 7.92. The molecule has 1 N–H and O–H groups in total. The van der Waals surface area contributed by atoms with Crippen molar-refractivity contribution < 1.29 is 22.4 Å². The molecule has 0 saturated carbocycles. The molecule has 0 aliphatic carbocycles. The second-order valence-corrected chi connectivity index (χ2v) is 12.4. The molecule has 0 saturated heterocycles. The molecule has 0 bridgehead atoms. The van der Waals surface area contributed by atoms with Gasteiger partial charge in [-0.1, -0.05) is 55.8 Å². The predicted molar refractivity (Wildman–Crippen MR) is 156 cm³/mol. The van der Waals surface area contributed by atoms with E-state index in [1.54, 1.807) is 31.2 Å². The van der Waals surface area contributed by atoms with Crippen molar-refractivity contribution in [1.29, 1.82) is 0 Å². The van der Waals surface area contributed by atoms with Gasteiger partial charge in [-0.3, -0.25) is 13.9 Å². The van der Waals surface area contributed by atoms with E-state index in [4.69, 9.17) is 0 Å². The Morgan fingerprint density at radius 2 is 1.43 bits per heavy atom. The molecule has 0 radical (unpaired) electrons. The summed E-state index contributed by atoms with van der Waals surface area (Å²) in [5, 5.41) is 2.81. The van der Waals surface area contributed by atoms with E-state index in [1.165, 1.54) is 41.3 Å². The molecule has 0 fully saturated rings. The minimum atomic E-state index is -4.14. The quantitative estimate of drug-likeness (QED) is 0.336. The molecule has 0 aromatic heterocycles. The van der Waals surface area contributed by atoms with Gasteiger partial charge >= 0.3 is 0 Å². The molecular weight excluding hydrogens is 529 g/mol. The smallest absolute Gasteiger partial charge is 0.264 e. The Kier molecular flexibility index (Phi) is 10.1. The van der Waals surface area contributed by atoms with Gasteiger partial charge in [0.1, 0.15) is 18.4 Å². The Balaban J connectivity index is 2.04. The fraction of sp³-hybridized carbons (Fsp3) is 0.355. The van der Waals surface area contributed by atoms with E-state index in [0.29, 0.717) is 11.3 Å². The van der Waals surface area contributed by atoms with Crippen molar-refractivity contribution in [3.05, 3.63) is 95.3 Å². The number of aryl methyl sites for hydroxylation is 1. The molecule has 0 unspecified atom stereocenters. The average Bonchev–Trinajstić information content (AvgIpc) is 2.90. The number of sulfonamides is 1. The fourth-order valence-corrected chi connectivity index (χ4v) is 5.58. The Morgan fingerprint density at radius 1 is 0.850 bits per heavy atom. The van der Waals surface area contributed by atoms with E-state index in [-0.39, 0.29) is 29.3 Å². The summed E-state index contributed by atoms with van der Waals surface area (Å²) in [7, 11) is -4.14. The summed E-state index contributed by atoms with van der Waals surface area (Å²) in [4.78, 5) is 28.2. The summed E-state index contributed by atoms with van der Waals surface area (Å²) in [5.74, 6) is -1.13. The first-order chi connectivity index (χ1) is 18.8. The molecule has 0 aliphatic heterocycles. The van der Waals surface area contributed by atoms with Crippen LogP contribution in [0.3, 0.4) is 0 Å². The van der Waals surface area contributed by atoms with Gasteiger partial charge in [-0.2, -0.15) is 0 Å². The van der Waals surface area contributed by atoms with Gasteiger partial charge in [-0.25, -0.2) is 12.8 Å². The SMILES string of the molecule is Cc1ccc(S(=O)(=O)N(CC(=O)N(Cc2ccc(F)cc2)[C@H](C)C(=O)NC(C)C)c2ccc(C(C)C)cc2)cc1. The minimum Gasteiger partial charge on any atom is -0.352 e. The molecule has 40 heavy (non-hydrogen) atoms. The molecule has 0 spiro atoms. The van der Waals surface area contributed by atoms with Crippen LogP contribution in [-0.2, 0) is 26.2 Å². The van der Waals surface area contributed by atoms with Gasteiger partial charge in [-0.15, -0.1) is 0 Å². The number of anilines is 1. The maximum atomic E-state index is 13.9. The van der Waals surface area contributed by atoms with Crippen LogP contribution in [0.4, 0.5) is 10.1 Å². The molecule has 3 aromatic carbocycles. The van der Waals surface area contributed by atoms with Crippen molar-refractivity contribution >= 4 is 27.5 Å². The maximum Gasteiger partial charge on any atom is 0.264 e. The van der Waals surface area contributed by atoms with Crippen LogP contribution in [0.1, 0.15) is 57.2 Å². The van der Waals surface area contributed by atoms with Crippen LogP contribution in [-0.4, -0.2) is 43.8 Å². The van der Waals surface area contributed by atoms with Crippen LogP contribution < -0.4 is 9.62 Å². The van der Waals surface area contributed by atoms with Gasteiger partial charge in [-0.05, 0) is 81.1 Å². The Labute approximate surface area is 237 Å². The monoisotopic (exact) mass is 567 g/mol. The van der Waals surface area contributed by atoms with Crippen LogP contribution in [0.2, 0.25) is 0 Å². The maximum absolute atomic E-state index is 13.9. The number of carbonyl (C=O) groups is 2. The van der Waals surface area contributed by atoms with Crippen LogP contribution in [0.15, 0.2) is 77.7 Å². The summed E-state index contributed by atoms with van der Waals surface area (Å²) < 4.78 is 42.4. The number of halogens is 1. The number of nitrogens with zero attached hydrogens (tertiary/aromatic N) is 2. The molecule has 0 heterocycles. The third-order valence-corrected chi connectivity index (χ3v) is 8.39. The highest BCUT2D eigenvalue weighted by atomic mass is 32.2. The number of benzene rings is 3. The first-order valence-corrected chi connectivity index (χ1v) is 14.8. The van der Waals surface area contributed by atoms with Gasteiger partial charge in [0.25, 0.3) is 10.0 Å². The Morgan fingerprint density at radius 3 is 1.95 bits per heavy atom. The van der Waals surface area contributed by atoms with Crippen molar-refractivity contribution in [1.82, 2.24) is 10.2 Å². The molecule has 7 nitrogen and oxygen atoms in total. The van der Waals surface area contributed by atoms with E-state index < -0.39 is 34.3 Å². The summed E-state index contributed by atoms with van der Waals surface area (Å²) in [6, 6.07) is 18.1. The highest BCUT2D eigenvalue weighted by Crippen LogP contribution is 2.27. The number of rotatable bonds is 11. The predicted octanol–water partition coefficient (Wildman–Crippen LogP) is 5.39. The lowest BCUT2D eigenvalue weighted by Gasteiger charge is -2.32. The second-order valence-electron chi connectivity index (χ2n) is 10.6.